The third kappa shape index (κ3) is 6.74. The molecule has 0 bridgehead atoms. The smallest absolute Gasteiger partial charge is 0.323 e. The number of hydrogen-bond acceptors (Lipinski definition) is 3. The van der Waals surface area contributed by atoms with Gasteiger partial charge in [-0.15, -0.1) is 6.42 Å². The number of aliphatic carboxylic acids is 1. The molecule has 2 amide bonds. The molecule has 0 aliphatic rings. The third-order valence-electron chi connectivity index (χ3n) is 2.11. The van der Waals surface area contributed by atoms with Crippen LogP contribution in [-0.4, -0.2) is 52.6 Å². The fraction of sp³-hybridized carbons (Fsp3) is 0.636. The van der Waals surface area contributed by atoms with E-state index < -0.39 is 18.5 Å². The normalized spacial score (nSPS) is 10.5. The molecule has 0 rings (SSSR count). The summed E-state index contributed by atoms with van der Waals surface area (Å²) in [4.78, 5) is 23.3. The lowest BCUT2D eigenvalue weighted by Gasteiger charge is -2.25. The molecular weight excluding hydrogens is 240 g/mol. The number of urea groups is 1. The number of amides is 2. The van der Waals surface area contributed by atoms with Crippen LogP contribution in [0.3, 0.4) is 0 Å². The maximum atomic E-state index is 11.7. The highest BCUT2D eigenvalue weighted by atomic mass is 32.2. The summed E-state index contributed by atoms with van der Waals surface area (Å²) in [5.74, 6) is 1.18. The summed E-state index contributed by atoms with van der Waals surface area (Å²) in [5.41, 5.74) is 0. The first-order valence-electron chi connectivity index (χ1n) is 5.05. The quantitative estimate of drug-likeness (QED) is 0.693. The summed E-state index contributed by atoms with van der Waals surface area (Å²) in [6, 6.07) is -0.451. The molecule has 0 aromatic rings. The topological polar surface area (TPSA) is 69.6 Å². The van der Waals surface area contributed by atoms with Crippen LogP contribution in [0.2, 0.25) is 0 Å². The molecule has 5 nitrogen and oxygen atoms in total. The van der Waals surface area contributed by atoms with Crippen molar-refractivity contribution in [3.05, 3.63) is 0 Å². The lowest BCUT2D eigenvalue weighted by Crippen LogP contribution is -2.46. The van der Waals surface area contributed by atoms with Crippen LogP contribution >= 0.6 is 11.8 Å². The highest BCUT2D eigenvalue weighted by Gasteiger charge is 2.20. The molecule has 0 spiro atoms. The number of carboxylic acids is 1. The number of nitrogens with zero attached hydrogens (tertiary/aromatic N) is 1. The maximum absolute atomic E-state index is 11.7. The maximum Gasteiger partial charge on any atom is 0.323 e. The van der Waals surface area contributed by atoms with Gasteiger partial charge in [-0.25, -0.2) is 4.79 Å². The first kappa shape index (κ1) is 15.7. The number of carbonyl (C=O) groups is 2. The van der Waals surface area contributed by atoms with Crippen molar-refractivity contribution in [2.75, 3.05) is 25.9 Å². The van der Waals surface area contributed by atoms with Gasteiger partial charge in [-0.05, 0) is 20.1 Å². The average molecular weight is 258 g/mol. The molecule has 0 aliphatic carbocycles. The van der Waals surface area contributed by atoms with E-state index in [4.69, 9.17) is 11.5 Å². The standard InChI is InChI=1S/C11H18N2O3S/c1-5-6-13(7-9(14)15)10(16)12-8-11(2,3)17-4/h1H,6-8H2,2-4H3,(H,12,16)(H,14,15). The second-order valence-corrected chi connectivity index (χ2v) is 5.59. The Morgan fingerprint density at radius 1 is 1.53 bits per heavy atom. The van der Waals surface area contributed by atoms with Gasteiger partial charge in [-0.1, -0.05) is 5.92 Å². The van der Waals surface area contributed by atoms with Crippen LogP contribution in [-0.2, 0) is 4.79 Å². The molecule has 0 aromatic carbocycles. The average Bonchev–Trinajstić information content (AvgIpc) is 2.25. The number of carboxylic acid groups (broad SMARTS) is 1. The van der Waals surface area contributed by atoms with Gasteiger partial charge in [0.25, 0.3) is 0 Å². The van der Waals surface area contributed by atoms with Crippen LogP contribution in [0.1, 0.15) is 13.8 Å². The van der Waals surface area contributed by atoms with Gasteiger partial charge in [0.15, 0.2) is 0 Å². The Morgan fingerprint density at radius 2 is 2.12 bits per heavy atom. The van der Waals surface area contributed by atoms with Crippen LogP contribution in [0.15, 0.2) is 0 Å². The van der Waals surface area contributed by atoms with Gasteiger partial charge in [0.05, 0.1) is 6.54 Å². The summed E-state index contributed by atoms with van der Waals surface area (Å²) in [5, 5.41) is 11.3. The third-order valence-corrected chi connectivity index (χ3v) is 3.36. The zero-order chi connectivity index (χ0) is 13.5. The molecule has 6 heteroatoms. The van der Waals surface area contributed by atoms with Gasteiger partial charge < -0.3 is 15.3 Å². The summed E-state index contributed by atoms with van der Waals surface area (Å²) < 4.78 is -0.0965. The Balaban J connectivity index is 4.34. The van der Waals surface area contributed by atoms with Gasteiger partial charge >= 0.3 is 12.0 Å². The molecule has 0 radical (unpaired) electrons. The van der Waals surface area contributed by atoms with Crippen LogP contribution in [0.25, 0.3) is 0 Å². The summed E-state index contributed by atoms with van der Waals surface area (Å²) in [6.45, 7) is 4.02. The summed E-state index contributed by atoms with van der Waals surface area (Å²) >= 11 is 1.62. The van der Waals surface area contributed by atoms with Crippen LogP contribution in [0.4, 0.5) is 4.79 Å². The van der Waals surface area contributed by atoms with E-state index in [2.05, 4.69) is 11.2 Å². The number of terminal acetylenes is 1. The van der Waals surface area contributed by atoms with Gasteiger partial charge in [0.2, 0.25) is 0 Å². The Labute approximate surface area is 106 Å². The lowest BCUT2D eigenvalue weighted by atomic mass is 10.2. The number of rotatable bonds is 6. The lowest BCUT2D eigenvalue weighted by molar-refractivity contribution is -0.137. The SMILES string of the molecule is C#CCN(CC(=O)O)C(=O)NCC(C)(C)SC. The number of thioether (sulfide) groups is 1. The molecule has 0 aliphatic heterocycles. The number of hydrogen-bond donors (Lipinski definition) is 2. The molecule has 0 unspecified atom stereocenters. The van der Waals surface area contributed by atoms with Crippen molar-refractivity contribution in [2.45, 2.75) is 18.6 Å². The number of nitrogens with one attached hydrogen (secondary N) is 1. The molecule has 0 atom stereocenters. The molecule has 0 aromatic heterocycles. The Hall–Kier alpha value is -1.35. The minimum Gasteiger partial charge on any atom is -0.480 e. The van der Waals surface area contributed by atoms with E-state index in [1.54, 1.807) is 11.8 Å². The molecule has 96 valence electrons. The molecule has 0 fully saturated rings. The van der Waals surface area contributed by atoms with Crippen LogP contribution in [0, 0.1) is 12.3 Å². The van der Waals surface area contributed by atoms with E-state index >= 15 is 0 Å². The van der Waals surface area contributed by atoms with E-state index in [9.17, 15) is 9.59 Å². The van der Waals surface area contributed by atoms with E-state index in [1.165, 1.54) is 0 Å². The predicted octanol–water partition coefficient (Wildman–Crippen LogP) is 0.857. The van der Waals surface area contributed by atoms with Gasteiger partial charge in [-0.2, -0.15) is 11.8 Å². The fourth-order valence-corrected chi connectivity index (χ4v) is 1.16. The van der Waals surface area contributed by atoms with Gasteiger partial charge in [-0.3, -0.25) is 4.79 Å². The highest BCUT2D eigenvalue weighted by Crippen LogP contribution is 2.19. The highest BCUT2D eigenvalue weighted by molar-refractivity contribution is 7.99. The van der Waals surface area contributed by atoms with Crippen molar-refractivity contribution in [3.8, 4) is 12.3 Å². The van der Waals surface area contributed by atoms with Crippen molar-refractivity contribution in [2.24, 2.45) is 0 Å². The summed E-state index contributed by atoms with van der Waals surface area (Å²) in [6.07, 6.45) is 7.03. The number of carbonyl (C=O) groups excluding carboxylic acids is 1. The van der Waals surface area contributed by atoms with E-state index in [1.807, 2.05) is 20.1 Å². The van der Waals surface area contributed by atoms with Crippen molar-refractivity contribution >= 4 is 23.8 Å². The first-order valence-corrected chi connectivity index (χ1v) is 6.28. The van der Waals surface area contributed by atoms with Crippen LogP contribution in [0.5, 0.6) is 0 Å². The first-order chi connectivity index (χ1) is 7.82. The predicted molar refractivity (Wildman–Crippen MR) is 69.0 cm³/mol. The van der Waals surface area contributed by atoms with Crippen LogP contribution < -0.4 is 5.32 Å². The van der Waals surface area contributed by atoms with Crippen molar-refractivity contribution in [1.82, 2.24) is 10.2 Å². The Morgan fingerprint density at radius 3 is 2.53 bits per heavy atom. The van der Waals surface area contributed by atoms with Crippen molar-refractivity contribution < 1.29 is 14.7 Å². The monoisotopic (exact) mass is 258 g/mol. The minimum absolute atomic E-state index is 0.0160. The Bertz CT molecular complexity index is 323. The van der Waals surface area contributed by atoms with Gasteiger partial charge in [0, 0.05) is 11.3 Å². The molecular formula is C11H18N2O3S. The van der Waals surface area contributed by atoms with E-state index in [-0.39, 0.29) is 11.3 Å². The second kappa shape index (κ2) is 7.07. The molecule has 0 heterocycles. The largest absolute Gasteiger partial charge is 0.480 e. The second-order valence-electron chi connectivity index (χ2n) is 4.08. The summed E-state index contributed by atoms with van der Waals surface area (Å²) in [7, 11) is 0. The van der Waals surface area contributed by atoms with Gasteiger partial charge in [0.1, 0.15) is 6.54 Å². The van der Waals surface area contributed by atoms with Crippen molar-refractivity contribution in [1.29, 1.82) is 0 Å². The molecule has 0 saturated heterocycles. The van der Waals surface area contributed by atoms with Crippen molar-refractivity contribution in [3.63, 3.8) is 0 Å². The van der Waals surface area contributed by atoms with E-state index in [0.717, 1.165) is 4.90 Å². The minimum atomic E-state index is -1.08. The zero-order valence-corrected chi connectivity index (χ0v) is 11.1. The molecule has 2 N–H and O–H groups in total. The molecule has 0 saturated carbocycles. The molecule has 17 heavy (non-hydrogen) atoms. The van der Waals surface area contributed by atoms with E-state index in [0.29, 0.717) is 6.54 Å². The fourth-order valence-electron chi connectivity index (χ4n) is 0.945. The zero-order valence-electron chi connectivity index (χ0n) is 10.3. The Kier molecular flexibility index (Phi) is 6.51.